The summed E-state index contributed by atoms with van der Waals surface area (Å²) in [5.41, 5.74) is 1.16. The van der Waals surface area contributed by atoms with Crippen molar-refractivity contribution in [3.8, 4) is 17.6 Å². The first-order valence-corrected chi connectivity index (χ1v) is 12.8. The molecule has 11 heteroatoms. The van der Waals surface area contributed by atoms with Gasteiger partial charge in [0.15, 0.2) is 5.75 Å². The largest absolute Gasteiger partial charge is 0.493 e. The second kappa shape index (κ2) is 11.9. The lowest BCUT2D eigenvalue weighted by molar-refractivity contribution is -0.386. The number of hydrogen-bond acceptors (Lipinski definition) is 8. The Bertz CT molecular complexity index is 1690. The summed E-state index contributed by atoms with van der Waals surface area (Å²) in [6, 6.07) is 17.0. The zero-order chi connectivity index (χ0) is 28.1. The average Bonchev–Trinajstić information content (AvgIpc) is 2.95. The Kier molecular flexibility index (Phi) is 8.36. The van der Waals surface area contributed by atoms with Crippen LogP contribution in [0.2, 0.25) is 0 Å². The Morgan fingerprint density at radius 1 is 1.26 bits per heavy atom. The number of nitriles is 1. The molecule has 39 heavy (non-hydrogen) atoms. The zero-order valence-corrected chi connectivity index (χ0v) is 23.0. The first-order valence-electron chi connectivity index (χ1n) is 12.0. The Hall–Kier alpha value is -4.56. The lowest BCUT2D eigenvalue weighted by Crippen LogP contribution is -2.23. The molecule has 4 aromatic rings. The summed E-state index contributed by atoms with van der Waals surface area (Å²) in [5, 5.41) is 26.1. The van der Waals surface area contributed by atoms with E-state index in [1.165, 1.54) is 30.1 Å². The highest BCUT2D eigenvalue weighted by Gasteiger charge is 2.23. The predicted octanol–water partition coefficient (Wildman–Crippen LogP) is 5.92. The predicted molar refractivity (Wildman–Crippen MR) is 151 cm³/mol. The second-order valence-corrected chi connectivity index (χ2v) is 9.60. The van der Waals surface area contributed by atoms with E-state index >= 15 is 0 Å². The van der Waals surface area contributed by atoms with E-state index in [9.17, 15) is 20.2 Å². The van der Waals surface area contributed by atoms with Crippen molar-refractivity contribution in [3.63, 3.8) is 0 Å². The molecule has 1 aromatic heterocycles. The first kappa shape index (κ1) is 27.5. The second-order valence-electron chi connectivity index (χ2n) is 8.69. The van der Waals surface area contributed by atoms with E-state index in [0.717, 1.165) is 10.9 Å². The molecule has 3 aromatic carbocycles. The lowest BCUT2D eigenvalue weighted by Gasteiger charge is -2.14. The van der Waals surface area contributed by atoms with Gasteiger partial charge in [0, 0.05) is 27.6 Å². The van der Waals surface area contributed by atoms with Gasteiger partial charge in [-0.3, -0.25) is 14.9 Å². The van der Waals surface area contributed by atoms with Crippen molar-refractivity contribution in [1.82, 2.24) is 9.66 Å². The van der Waals surface area contributed by atoms with E-state index in [0.29, 0.717) is 33.4 Å². The van der Waals surface area contributed by atoms with Gasteiger partial charge in [-0.1, -0.05) is 48.0 Å². The third-order valence-electron chi connectivity index (χ3n) is 6.19. The van der Waals surface area contributed by atoms with Gasteiger partial charge < -0.3 is 9.47 Å². The molecule has 198 valence electrons. The SMILES string of the molecule is CC[C@H](C)c1nc2ccc(Br)cc2c(=O)n1N=Cc1cc(OC)c(OCc2ccccc2C#N)c([N+](=O)[O-])c1. The van der Waals surface area contributed by atoms with Crippen molar-refractivity contribution >= 4 is 38.7 Å². The van der Waals surface area contributed by atoms with E-state index in [1.807, 2.05) is 19.9 Å². The molecule has 4 rings (SSSR count). The van der Waals surface area contributed by atoms with Crippen molar-refractivity contribution in [2.24, 2.45) is 5.10 Å². The fourth-order valence-corrected chi connectivity index (χ4v) is 4.28. The number of rotatable bonds is 9. The van der Waals surface area contributed by atoms with E-state index in [-0.39, 0.29) is 35.3 Å². The number of nitro groups is 1. The third-order valence-corrected chi connectivity index (χ3v) is 6.69. The van der Waals surface area contributed by atoms with Crippen LogP contribution in [0.4, 0.5) is 5.69 Å². The molecule has 0 aliphatic carbocycles. The van der Waals surface area contributed by atoms with Gasteiger partial charge in [0.1, 0.15) is 12.4 Å². The topological polar surface area (TPSA) is 133 Å². The van der Waals surface area contributed by atoms with Crippen molar-refractivity contribution in [1.29, 1.82) is 5.26 Å². The van der Waals surface area contributed by atoms with Crippen LogP contribution in [-0.2, 0) is 6.61 Å². The molecule has 0 radical (unpaired) electrons. The number of nitrogens with zero attached hydrogens (tertiary/aromatic N) is 5. The number of methoxy groups -OCH3 is 1. The molecule has 10 nitrogen and oxygen atoms in total. The van der Waals surface area contributed by atoms with Gasteiger partial charge in [0.25, 0.3) is 5.56 Å². The average molecular weight is 590 g/mol. The van der Waals surface area contributed by atoms with Crippen LogP contribution < -0.4 is 15.0 Å². The summed E-state index contributed by atoms with van der Waals surface area (Å²) >= 11 is 3.39. The number of nitro benzene ring substituents is 1. The van der Waals surface area contributed by atoms with Crippen LogP contribution in [-0.4, -0.2) is 27.9 Å². The molecule has 0 saturated carbocycles. The molecular formula is C28H24BrN5O5. The van der Waals surface area contributed by atoms with Gasteiger partial charge in [-0.15, -0.1) is 0 Å². The normalized spacial score (nSPS) is 11.9. The standard InChI is InChI=1S/C28H24BrN5O5/c1-4-17(2)27-32-23-10-9-21(29)13-22(23)28(35)33(27)31-15-18-11-24(34(36)37)26(25(12-18)38-3)39-16-20-8-6-5-7-19(20)14-30/h5-13,15,17H,4,16H2,1-3H3/t17-/m0/s1. The molecule has 0 aliphatic heterocycles. The summed E-state index contributed by atoms with van der Waals surface area (Å²) < 4.78 is 13.1. The summed E-state index contributed by atoms with van der Waals surface area (Å²) in [6.45, 7) is 3.86. The van der Waals surface area contributed by atoms with Gasteiger partial charge >= 0.3 is 5.69 Å². The van der Waals surface area contributed by atoms with Gasteiger partial charge in [-0.25, -0.2) is 4.98 Å². The van der Waals surface area contributed by atoms with Crippen molar-refractivity contribution in [3.05, 3.63) is 102 Å². The van der Waals surface area contributed by atoms with Crippen molar-refractivity contribution < 1.29 is 14.4 Å². The molecule has 0 fully saturated rings. The molecule has 0 saturated heterocycles. The van der Waals surface area contributed by atoms with Crippen LogP contribution in [0.3, 0.4) is 0 Å². The van der Waals surface area contributed by atoms with Gasteiger partial charge in [-0.2, -0.15) is 15.0 Å². The number of fused-ring (bicyclic) bond motifs is 1. The highest BCUT2D eigenvalue weighted by Crippen LogP contribution is 2.38. The summed E-state index contributed by atoms with van der Waals surface area (Å²) in [4.78, 5) is 29.4. The Morgan fingerprint density at radius 3 is 2.72 bits per heavy atom. The molecule has 0 bridgehead atoms. The van der Waals surface area contributed by atoms with Crippen molar-refractivity contribution in [2.75, 3.05) is 7.11 Å². The maximum absolute atomic E-state index is 13.4. The molecule has 0 aliphatic rings. The highest BCUT2D eigenvalue weighted by atomic mass is 79.9. The minimum Gasteiger partial charge on any atom is -0.493 e. The Labute approximate surface area is 232 Å². The molecule has 1 heterocycles. The zero-order valence-electron chi connectivity index (χ0n) is 21.4. The molecular weight excluding hydrogens is 566 g/mol. The molecule has 0 amide bonds. The van der Waals surface area contributed by atoms with E-state index in [4.69, 9.17) is 9.47 Å². The highest BCUT2D eigenvalue weighted by molar-refractivity contribution is 9.10. The monoisotopic (exact) mass is 589 g/mol. The number of aromatic nitrogens is 2. The van der Waals surface area contributed by atoms with Crippen LogP contribution in [0.5, 0.6) is 11.5 Å². The van der Waals surface area contributed by atoms with Gasteiger partial charge in [0.2, 0.25) is 5.75 Å². The van der Waals surface area contributed by atoms with E-state index in [1.54, 1.807) is 36.4 Å². The van der Waals surface area contributed by atoms with Crippen LogP contribution in [0.1, 0.15) is 48.7 Å². The number of ether oxygens (including phenoxy) is 2. The van der Waals surface area contributed by atoms with Crippen LogP contribution in [0, 0.1) is 21.4 Å². The van der Waals surface area contributed by atoms with Crippen LogP contribution >= 0.6 is 15.9 Å². The van der Waals surface area contributed by atoms with E-state index in [2.05, 4.69) is 32.1 Å². The number of hydrogen-bond donors (Lipinski definition) is 0. The third kappa shape index (κ3) is 5.81. The molecule has 0 N–H and O–H groups in total. The first-order chi connectivity index (χ1) is 18.8. The molecule has 0 unspecified atom stereocenters. The summed E-state index contributed by atoms with van der Waals surface area (Å²) in [6.07, 6.45) is 2.08. The van der Waals surface area contributed by atoms with Gasteiger partial charge in [-0.05, 0) is 36.8 Å². The Morgan fingerprint density at radius 2 is 2.03 bits per heavy atom. The minimum atomic E-state index is -0.586. The minimum absolute atomic E-state index is 0.0691. The fourth-order valence-electron chi connectivity index (χ4n) is 3.92. The quantitative estimate of drug-likeness (QED) is 0.134. The molecule has 0 spiro atoms. The van der Waals surface area contributed by atoms with Crippen LogP contribution in [0.15, 0.2) is 69.0 Å². The fraction of sp³-hybridized carbons (Fsp3) is 0.214. The number of halogens is 1. The summed E-state index contributed by atoms with van der Waals surface area (Å²) in [7, 11) is 1.37. The van der Waals surface area contributed by atoms with E-state index < -0.39 is 4.92 Å². The summed E-state index contributed by atoms with van der Waals surface area (Å²) in [5.74, 6) is 0.433. The number of benzene rings is 3. The lowest BCUT2D eigenvalue weighted by atomic mass is 10.1. The van der Waals surface area contributed by atoms with Crippen molar-refractivity contribution in [2.45, 2.75) is 32.8 Å². The smallest absolute Gasteiger partial charge is 0.315 e. The molecule has 1 atom stereocenters. The maximum Gasteiger partial charge on any atom is 0.315 e. The Balaban J connectivity index is 1.77. The van der Waals surface area contributed by atoms with Gasteiger partial charge in [0.05, 0.1) is 40.8 Å². The maximum atomic E-state index is 13.4. The van der Waals surface area contributed by atoms with Crippen LogP contribution in [0.25, 0.3) is 10.9 Å².